The van der Waals surface area contributed by atoms with Crippen LogP contribution in [0.2, 0.25) is 0 Å². The zero-order valence-corrected chi connectivity index (χ0v) is 6.26. The number of likely N-dealkylation sites (N-methyl/N-ethyl adjacent to an activating group) is 1. The topological polar surface area (TPSA) is 26.3 Å². The molecule has 0 aromatic rings. The first-order valence-corrected chi connectivity index (χ1v) is 3.13. The summed E-state index contributed by atoms with van der Waals surface area (Å²) in [6.45, 7) is 1.86. The van der Waals surface area contributed by atoms with Crippen LogP contribution in [-0.2, 0) is 0 Å². The van der Waals surface area contributed by atoms with E-state index in [1.54, 1.807) is 0 Å². The molecular weight excluding hydrogens is 109 g/mol. The van der Waals surface area contributed by atoms with Crippen molar-refractivity contribution in [3.63, 3.8) is 0 Å². The van der Waals surface area contributed by atoms with Crippen LogP contribution in [0.25, 0.3) is 0 Å². The molecule has 2 nitrogen and oxygen atoms in total. The van der Waals surface area contributed by atoms with E-state index >= 15 is 0 Å². The van der Waals surface area contributed by atoms with Gasteiger partial charge in [0.25, 0.3) is 0 Å². The summed E-state index contributed by atoms with van der Waals surface area (Å²) in [6.07, 6.45) is 1.66. The van der Waals surface area contributed by atoms with Crippen molar-refractivity contribution in [2.75, 3.05) is 20.1 Å². The molecule has 1 heterocycles. The Morgan fingerprint density at radius 2 is 2.22 bits per heavy atom. The van der Waals surface area contributed by atoms with Crippen molar-refractivity contribution in [1.29, 1.82) is 0 Å². The van der Waals surface area contributed by atoms with E-state index in [1.165, 1.54) is 0 Å². The van der Waals surface area contributed by atoms with Gasteiger partial charge in [-0.2, -0.15) is 0 Å². The zero-order chi connectivity index (χ0) is 5.98. The Hall–Kier alpha value is 0.517. The number of hydrogen-bond donors (Lipinski definition) is 0. The van der Waals surface area contributed by atoms with E-state index in [2.05, 4.69) is 4.90 Å². The van der Waals surface area contributed by atoms with E-state index in [-0.39, 0.29) is 25.0 Å². The van der Waals surface area contributed by atoms with Gasteiger partial charge in [-0.3, -0.25) is 0 Å². The fourth-order valence-corrected chi connectivity index (χ4v) is 1.12. The third kappa shape index (κ3) is 3.27. The molecule has 1 unspecified atom stereocenters. The summed E-state index contributed by atoms with van der Waals surface area (Å²) in [6, 6.07) is 0. The van der Waals surface area contributed by atoms with Crippen LogP contribution in [0.3, 0.4) is 0 Å². The standard InChI is InChI=1S/C6H12NO.Li/c1-7-4-2-3-6(8)5-7;/h6H,2-5H2,1H3;/q-1;+1. The van der Waals surface area contributed by atoms with Crippen molar-refractivity contribution < 1.29 is 24.0 Å². The second kappa shape index (κ2) is 4.35. The zero-order valence-electron chi connectivity index (χ0n) is 6.26. The first kappa shape index (κ1) is 9.52. The van der Waals surface area contributed by atoms with Gasteiger partial charge in [-0.15, -0.1) is 6.10 Å². The number of nitrogens with zero attached hydrogens (tertiary/aromatic N) is 1. The molecule has 0 bridgehead atoms. The summed E-state index contributed by atoms with van der Waals surface area (Å²) in [7, 11) is 2.00. The number of hydrogen-bond acceptors (Lipinski definition) is 2. The molecule has 1 atom stereocenters. The van der Waals surface area contributed by atoms with Gasteiger partial charge in [0.1, 0.15) is 0 Å². The second-order valence-corrected chi connectivity index (χ2v) is 2.53. The van der Waals surface area contributed by atoms with E-state index in [0.29, 0.717) is 0 Å². The largest absolute Gasteiger partial charge is 1.00 e. The molecule has 48 valence electrons. The first-order chi connectivity index (χ1) is 3.79. The molecule has 0 aromatic heterocycles. The van der Waals surface area contributed by atoms with E-state index < -0.39 is 0 Å². The van der Waals surface area contributed by atoms with Crippen molar-refractivity contribution in [3.8, 4) is 0 Å². The maximum atomic E-state index is 10.7. The molecule has 0 aliphatic carbocycles. The molecule has 9 heavy (non-hydrogen) atoms. The summed E-state index contributed by atoms with van der Waals surface area (Å²) >= 11 is 0. The Kier molecular flexibility index (Phi) is 4.60. The molecule has 1 rings (SSSR count). The van der Waals surface area contributed by atoms with Crippen LogP contribution in [0.15, 0.2) is 0 Å². The molecule has 1 aliphatic heterocycles. The van der Waals surface area contributed by atoms with Crippen LogP contribution in [-0.4, -0.2) is 31.1 Å². The summed E-state index contributed by atoms with van der Waals surface area (Å²) in [5.74, 6) is 0. The van der Waals surface area contributed by atoms with Crippen LogP contribution >= 0.6 is 0 Å². The fraction of sp³-hybridized carbons (Fsp3) is 1.00. The van der Waals surface area contributed by atoms with Crippen molar-refractivity contribution in [2.45, 2.75) is 18.9 Å². The summed E-state index contributed by atoms with van der Waals surface area (Å²) in [5, 5.41) is 10.7. The molecule has 1 saturated heterocycles. The van der Waals surface area contributed by atoms with Crippen LogP contribution in [0.1, 0.15) is 12.8 Å². The van der Waals surface area contributed by atoms with Crippen LogP contribution in [0, 0.1) is 0 Å². The van der Waals surface area contributed by atoms with E-state index in [4.69, 9.17) is 0 Å². The quantitative estimate of drug-likeness (QED) is 0.310. The molecule has 0 spiro atoms. The smallest absolute Gasteiger partial charge is 0.851 e. The van der Waals surface area contributed by atoms with Crippen molar-refractivity contribution in [1.82, 2.24) is 4.90 Å². The van der Waals surface area contributed by atoms with E-state index in [9.17, 15) is 5.11 Å². The molecule has 1 fully saturated rings. The van der Waals surface area contributed by atoms with Gasteiger partial charge in [0.2, 0.25) is 0 Å². The maximum absolute atomic E-state index is 10.7. The molecular formula is C6H12LiNO. The summed E-state index contributed by atoms with van der Waals surface area (Å²) < 4.78 is 0. The van der Waals surface area contributed by atoms with Crippen molar-refractivity contribution in [3.05, 3.63) is 0 Å². The molecule has 1 aliphatic rings. The minimum absolute atomic E-state index is 0. The predicted octanol–water partition coefficient (Wildman–Crippen LogP) is -3.56. The minimum atomic E-state index is -0.311. The van der Waals surface area contributed by atoms with Crippen LogP contribution < -0.4 is 24.0 Å². The first-order valence-electron chi connectivity index (χ1n) is 3.13. The molecule has 0 aromatic carbocycles. The molecule has 0 radical (unpaired) electrons. The third-order valence-electron chi connectivity index (χ3n) is 1.58. The van der Waals surface area contributed by atoms with Gasteiger partial charge in [0.15, 0.2) is 0 Å². The molecule has 0 saturated carbocycles. The molecule has 0 N–H and O–H groups in total. The van der Waals surface area contributed by atoms with Gasteiger partial charge in [0, 0.05) is 0 Å². The SMILES string of the molecule is CN1CCCC([O-])C1.[Li+]. The number of likely N-dealkylation sites (tertiary alicyclic amines) is 1. The van der Waals surface area contributed by atoms with Crippen LogP contribution in [0.5, 0.6) is 0 Å². The van der Waals surface area contributed by atoms with Gasteiger partial charge in [-0.1, -0.05) is 6.42 Å². The van der Waals surface area contributed by atoms with E-state index in [1.807, 2.05) is 7.05 Å². The van der Waals surface area contributed by atoms with Crippen molar-refractivity contribution in [2.24, 2.45) is 0 Å². The monoisotopic (exact) mass is 121 g/mol. The third-order valence-corrected chi connectivity index (χ3v) is 1.58. The normalized spacial score (nSPS) is 29.3. The average molecular weight is 121 g/mol. The maximum Gasteiger partial charge on any atom is 1.00 e. The fourth-order valence-electron chi connectivity index (χ4n) is 1.12. The van der Waals surface area contributed by atoms with E-state index in [0.717, 1.165) is 25.9 Å². The average Bonchev–Trinajstić information content (AvgIpc) is 1.64. The molecule has 0 amide bonds. The van der Waals surface area contributed by atoms with Gasteiger partial charge in [-0.05, 0) is 26.6 Å². The molecule has 3 heteroatoms. The second-order valence-electron chi connectivity index (χ2n) is 2.53. The Bertz CT molecular complexity index is 71.5. The van der Waals surface area contributed by atoms with Crippen LogP contribution in [0.4, 0.5) is 0 Å². The van der Waals surface area contributed by atoms with Gasteiger partial charge in [-0.25, -0.2) is 0 Å². The summed E-state index contributed by atoms with van der Waals surface area (Å²) in [4.78, 5) is 2.10. The Morgan fingerprint density at radius 1 is 1.56 bits per heavy atom. The number of rotatable bonds is 0. The van der Waals surface area contributed by atoms with Gasteiger partial charge >= 0.3 is 18.9 Å². The van der Waals surface area contributed by atoms with Crippen molar-refractivity contribution >= 4 is 0 Å². The minimum Gasteiger partial charge on any atom is -0.851 e. The Balaban J connectivity index is 0.000000640. The Morgan fingerprint density at radius 3 is 2.56 bits per heavy atom. The summed E-state index contributed by atoms with van der Waals surface area (Å²) in [5.41, 5.74) is 0. The van der Waals surface area contributed by atoms with Gasteiger partial charge in [0.05, 0.1) is 0 Å². The number of piperidine rings is 1. The van der Waals surface area contributed by atoms with Gasteiger partial charge < -0.3 is 10.0 Å². The predicted molar refractivity (Wildman–Crippen MR) is 30.5 cm³/mol. The Labute approximate surface area is 68.4 Å².